The highest BCUT2D eigenvalue weighted by atomic mass is 35.5. The van der Waals surface area contributed by atoms with Gasteiger partial charge in [-0.05, 0) is 35.9 Å². The largest absolute Gasteiger partial charge is 0.497 e. The molecule has 2 aromatic rings. The third-order valence-corrected chi connectivity index (χ3v) is 3.16. The minimum Gasteiger partial charge on any atom is -0.497 e. The molecule has 0 spiro atoms. The van der Waals surface area contributed by atoms with Gasteiger partial charge in [-0.1, -0.05) is 29.3 Å². The van der Waals surface area contributed by atoms with Crippen molar-refractivity contribution in [3.05, 3.63) is 58.1 Å². The van der Waals surface area contributed by atoms with Gasteiger partial charge in [-0.2, -0.15) is 0 Å². The Balaban J connectivity index is 2.08. The zero-order valence-corrected chi connectivity index (χ0v) is 11.4. The maximum Gasteiger partial charge on any atom is 0.120 e. The zero-order valence-electron chi connectivity index (χ0n) is 9.91. The maximum absolute atomic E-state index is 6.10. The van der Waals surface area contributed by atoms with E-state index in [0.29, 0.717) is 16.6 Å². The first-order chi connectivity index (χ1) is 8.69. The van der Waals surface area contributed by atoms with E-state index < -0.39 is 0 Å². The third kappa shape index (κ3) is 3.31. The number of anilines is 1. The fourth-order valence-electron chi connectivity index (χ4n) is 1.61. The lowest BCUT2D eigenvalue weighted by Gasteiger charge is -2.09. The average Bonchev–Trinajstić information content (AvgIpc) is 2.40. The topological polar surface area (TPSA) is 21.3 Å². The molecule has 0 aromatic heterocycles. The van der Waals surface area contributed by atoms with E-state index in [-0.39, 0.29) is 0 Å². The molecule has 4 heteroatoms. The van der Waals surface area contributed by atoms with Crippen LogP contribution in [-0.2, 0) is 6.54 Å². The molecule has 2 rings (SSSR count). The van der Waals surface area contributed by atoms with Crippen molar-refractivity contribution in [3.63, 3.8) is 0 Å². The Kier molecular flexibility index (Phi) is 4.34. The molecule has 94 valence electrons. The number of hydrogen-bond donors (Lipinski definition) is 1. The van der Waals surface area contributed by atoms with Gasteiger partial charge >= 0.3 is 0 Å². The molecule has 0 aliphatic heterocycles. The van der Waals surface area contributed by atoms with E-state index in [1.807, 2.05) is 30.3 Å². The van der Waals surface area contributed by atoms with Crippen LogP contribution in [0.5, 0.6) is 5.75 Å². The van der Waals surface area contributed by atoms with Crippen molar-refractivity contribution in [2.75, 3.05) is 12.4 Å². The van der Waals surface area contributed by atoms with Crippen LogP contribution < -0.4 is 10.1 Å². The van der Waals surface area contributed by atoms with Crippen molar-refractivity contribution in [3.8, 4) is 5.75 Å². The summed E-state index contributed by atoms with van der Waals surface area (Å²) < 4.78 is 5.16. The summed E-state index contributed by atoms with van der Waals surface area (Å²) in [6.45, 7) is 0.618. The number of rotatable bonds is 4. The molecule has 0 saturated carbocycles. The summed E-state index contributed by atoms with van der Waals surface area (Å²) in [5, 5.41) is 4.67. The summed E-state index contributed by atoms with van der Waals surface area (Å²) in [4.78, 5) is 0. The molecule has 1 N–H and O–H groups in total. The molecule has 0 atom stereocenters. The van der Waals surface area contributed by atoms with Crippen LogP contribution in [0, 0.1) is 0 Å². The van der Waals surface area contributed by atoms with Crippen LogP contribution in [0.25, 0.3) is 0 Å². The van der Waals surface area contributed by atoms with Gasteiger partial charge in [0.2, 0.25) is 0 Å². The second-order valence-corrected chi connectivity index (χ2v) is 4.66. The van der Waals surface area contributed by atoms with E-state index in [2.05, 4.69) is 5.32 Å². The van der Waals surface area contributed by atoms with Gasteiger partial charge in [0.15, 0.2) is 0 Å². The first kappa shape index (κ1) is 13.1. The van der Waals surface area contributed by atoms with Crippen LogP contribution in [0.1, 0.15) is 5.56 Å². The summed E-state index contributed by atoms with van der Waals surface area (Å²) in [6, 6.07) is 13.2. The molecule has 0 amide bonds. The standard InChI is InChI=1S/C14H13Cl2NO/c1-18-13-4-2-3-12(8-13)17-9-10-7-11(15)5-6-14(10)16/h2-8,17H,9H2,1H3. The maximum atomic E-state index is 6.10. The monoisotopic (exact) mass is 281 g/mol. The summed E-state index contributed by atoms with van der Waals surface area (Å²) in [5.74, 6) is 0.817. The van der Waals surface area contributed by atoms with Gasteiger partial charge in [-0.15, -0.1) is 0 Å². The smallest absolute Gasteiger partial charge is 0.120 e. The molecule has 2 nitrogen and oxygen atoms in total. The van der Waals surface area contributed by atoms with Crippen molar-refractivity contribution in [1.29, 1.82) is 0 Å². The molecule has 0 unspecified atom stereocenters. The number of halogens is 2. The lowest BCUT2D eigenvalue weighted by molar-refractivity contribution is 0.415. The third-order valence-electron chi connectivity index (χ3n) is 2.56. The molecule has 0 radical (unpaired) electrons. The fraction of sp³-hybridized carbons (Fsp3) is 0.143. The van der Waals surface area contributed by atoms with Crippen LogP contribution in [0.3, 0.4) is 0 Å². The van der Waals surface area contributed by atoms with Gasteiger partial charge in [0.1, 0.15) is 5.75 Å². The molecule has 0 bridgehead atoms. The highest BCUT2D eigenvalue weighted by molar-refractivity contribution is 6.33. The van der Waals surface area contributed by atoms with E-state index in [4.69, 9.17) is 27.9 Å². The number of ether oxygens (including phenoxy) is 1. The normalized spacial score (nSPS) is 10.2. The fourth-order valence-corrected chi connectivity index (χ4v) is 1.99. The lowest BCUT2D eigenvalue weighted by atomic mass is 10.2. The minimum absolute atomic E-state index is 0.618. The molecule has 0 heterocycles. The Bertz CT molecular complexity index is 543. The Labute approximate surface area is 116 Å². The van der Waals surface area contributed by atoms with Crippen LogP contribution in [0.4, 0.5) is 5.69 Å². The predicted octanol–water partition coefficient (Wildman–Crippen LogP) is 4.61. The number of benzene rings is 2. The number of hydrogen-bond acceptors (Lipinski definition) is 2. The second kappa shape index (κ2) is 5.98. The van der Waals surface area contributed by atoms with Crippen molar-refractivity contribution >= 4 is 28.9 Å². The second-order valence-electron chi connectivity index (χ2n) is 3.82. The van der Waals surface area contributed by atoms with Crippen LogP contribution >= 0.6 is 23.2 Å². The zero-order chi connectivity index (χ0) is 13.0. The van der Waals surface area contributed by atoms with Gasteiger partial charge in [0.25, 0.3) is 0 Å². The van der Waals surface area contributed by atoms with Crippen LogP contribution in [0.2, 0.25) is 10.0 Å². The first-order valence-electron chi connectivity index (χ1n) is 5.51. The Hall–Kier alpha value is -1.38. The molecule has 2 aromatic carbocycles. The van der Waals surface area contributed by atoms with E-state index >= 15 is 0 Å². The van der Waals surface area contributed by atoms with Crippen molar-refractivity contribution in [2.45, 2.75) is 6.54 Å². The Morgan fingerprint density at radius 3 is 2.72 bits per heavy atom. The van der Waals surface area contributed by atoms with Crippen LogP contribution in [0.15, 0.2) is 42.5 Å². The molecule has 18 heavy (non-hydrogen) atoms. The Morgan fingerprint density at radius 2 is 1.94 bits per heavy atom. The van der Waals surface area contributed by atoms with Gasteiger partial charge in [0.05, 0.1) is 7.11 Å². The first-order valence-corrected chi connectivity index (χ1v) is 6.26. The van der Waals surface area contributed by atoms with E-state index in [1.54, 1.807) is 19.2 Å². The lowest BCUT2D eigenvalue weighted by Crippen LogP contribution is -2.00. The quantitative estimate of drug-likeness (QED) is 0.883. The molecule has 0 aliphatic rings. The summed E-state index contributed by atoms with van der Waals surface area (Å²) in [7, 11) is 1.65. The Morgan fingerprint density at radius 1 is 1.11 bits per heavy atom. The van der Waals surface area contributed by atoms with E-state index in [1.165, 1.54) is 0 Å². The van der Waals surface area contributed by atoms with Gasteiger partial charge in [-0.3, -0.25) is 0 Å². The van der Waals surface area contributed by atoms with E-state index in [9.17, 15) is 0 Å². The van der Waals surface area contributed by atoms with Gasteiger partial charge in [-0.25, -0.2) is 0 Å². The molecular formula is C14H13Cl2NO. The van der Waals surface area contributed by atoms with E-state index in [0.717, 1.165) is 17.0 Å². The summed E-state index contributed by atoms with van der Waals surface area (Å²) in [6.07, 6.45) is 0. The molecule has 0 fully saturated rings. The molecule has 0 saturated heterocycles. The predicted molar refractivity (Wildman–Crippen MR) is 76.8 cm³/mol. The highest BCUT2D eigenvalue weighted by Crippen LogP contribution is 2.23. The van der Waals surface area contributed by atoms with Gasteiger partial charge in [0, 0.05) is 28.3 Å². The molecule has 0 aliphatic carbocycles. The van der Waals surface area contributed by atoms with Crippen molar-refractivity contribution < 1.29 is 4.74 Å². The summed E-state index contributed by atoms with van der Waals surface area (Å²) in [5.41, 5.74) is 1.94. The van der Waals surface area contributed by atoms with Crippen molar-refractivity contribution in [2.24, 2.45) is 0 Å². The minimum atomic E-state index is 0.618. The SMILES string of the molecule is COc1cccc(NCc2cc(Cl)ccc2Cl)c1. The number of nitrogens with one attached hydrogen (secondary N) is 1. The van der Waals surface area contributed by atoms with Crippen LogP contribution in [-0.4, -0.2) is 7.11 Å². The highest BCUT2D eigenvalue weighted by Gasteiger charge is 2.02. The number of methoxy groups -OCH3 is 1. The summed E-state index contributed by atoms with van der Waals surface area (Å²) >= 11 is 12.0. The molecular weight excluding hydrogens is 269 g/mol. The van der Waals surface area contributed by atoms with Crippen molar-refractivity contribution in [1.82, 2.24) is 0 Å². The average molecular weight is 282 g/mol. The van der Waals surface area contributed by atoms with Gasteiger partial charge < -0.3 is 10.1 Å².